The van der Waals surface area contributed by atoms with Crippen molar-refractivity contribution in [2.45, 2.75) is 13.8 Å². The van der Waals surface area contributed by atoms with Gasteiger partial charge in [0.25, 0.3) is 0 Å². The van der Waals surface area contributed by atoms with Crippen molar-refractivity contribution < 1.29 is 4.74 Å². The molecule has 0 aromatic heterocycles. The number of nitrogen functional groups attached to an aromatic ring is 1. The number of hydrogen-bond donors (Lipinski definition) is 1. The van der Waals surface area contributed by atoms with Crippen molar-refractivity contribution in [2.24, 2.45) is 0 Å². The molecule has 2 aromatic rings. The lowest BCUT2D eigenvalue weighted by Gasteiger charge is -2.22. The molecule has 0 saturated carbocycles. The van der Waals surface area contributed by atoms with Crippen LogP contribution in [0.5, 0.6) is 5.75 Å². The Morgan fingerprint density at radius 3 is 2.55 bits per heavy atom. The molecule has 0 unspecified atom stereocenters. The summed E-state index contributed by atoms with van der Waals surface area (Å²) in [5.74, 6) is 0.924. The lowest BCUT2D eigenvalue weighted by atomic mass is 10.1. The van der Waals surface area contributed by atoms with Crippen LogP contribution in [0.25, 0.3) is 0 Å². The van der Waals surface area contributed by atoms with Gasteiger partial charge in [-0.2, -0.15) is 0 Å². The van der Waals surface area contributed by atoms with E-state index in [9.17, 15) is 0 Å². The number of nitrogens with two attached hydrogens (primary N) is 1. The second kappa shape index (κ2) is 6.18. The van der Waals surface area contributed by atoms with Crippen LogP contribution in [-0.4, -0.2) is 13.7 Å². The lowest BCUT2D eigenvalue weighted by Crippen LogP contribution is -2.11. The molecule has 2 N–H and O–H groups in total. The van der Waals surface area contributed by atoms with Crippen LogP contribution in [0.15, 0.2) is 40.9 Å². The number of hydrogen-bond acceptors (Lipinski definition) is 3. The van der Waals surface area contributed by atoms with Crippen molar-refractivity contribution >= 4 is 33.0 Å². The molecule has 0 saturated heterocycles. The lowest BCUT2D eigenvalue weighted by molar-refractivity contribution is 0.338. The summed E-state index contributed by atoms with van der Waals surface area (Å²) in [5.41, 5.74) is 10.0. The van der Waals surface area contributed by atoms with E-state index in [1.807, 2.05) is 51.2 Å². The van der Waals surface area contributed by atoms with E-state index >= 15 is 0 Å². The zero-order valence-electron chi connectivity index (χ0n) is 12.0. The highest BCUT2D eigenvalue weighted by Crippen LogP contribution is 2.33. The molecule has 4 heteroatoms. The Morgan fingerprint density at radius 2 is 1.95 bits per heavy atom. The molecule has 0 aliphatic rings. The van der Waals surface area contributed by atoms with Gasteiger partial charge in [0, 0.05) is 17.2 Å². The van der Waals surface area contributed by atoms with Gasteiger partial charge in [-0.05, 0) is 55.8 Å². The Balaban J connectivity index is 2.33. The number of halogens is 1. The maximum absolute atomic E-state index is 6.08. The molecule has 0 fully saturated rings. The van der Waals surface area contributed by atoms with Gasteiger partial charge in [-0.1, -0.05) is 15.9 Å². The Hall–Kier alpha value is -1.68. The van der Waals surface area contributed by atoms with Crippen LogP contribution in [0.4, 0.5) is 17.1 Å². The third-order valence-corrected chi connectivity index (χ3v) is 3.69. The van der Waals surface area contributed by atoms with Crippen molar-refractivity contribution in [1.29, 1.82) is 0 Å². The van der Waals surface area contributed by atoms with Crippen molar-refractivity contribution in [1.82, 2.24) is 0 Å². The third-order valence-electron chi connectivity index (χ3n) is 3.20. The minimum atomic E-state index is 0.676. The molecular weight excluding hydrogens is 316 g/mol. The number of anilines is 3. The molecule has 0 amide bonds. The first kappa shape index (κ1) is 14.7. The predicted molar refractivity (Wildman–Crippen MR) is 89.0 cm³/mol. The molecule has 2 rings (SSSR count). The maximum atomic E-state index is 6.08. The van der Waals surface area contributed by atoms with E-state index in [4.69, 9.17) is 10.5 Å². The van der Waals surface area contributed by atoms with Gasteiger partial charge < -0.3 is 15.4 Å². The summed E-state index contributed by atoms with van der Waals surface area (Å²) >= 11 is 3.42. The van der Waals surface area contributed by atoms with E-state index in [0.717, 1.165) is 32.8 Å². The van der Waals surface area contributed by atoms with Crippen LogP contribution in [0, 0.1) is 6.92 Å². The minimum absolute atomic E-state index is 0.676. The zero-order valence-corrected chi connectivity index (χ0v) is 13.6. The summed E-state index contributed by atoms with van der Waals surface area (Å²) in [7, 11) is 2.01. The molecular formula is C16H19BrN2O. The topological polar surface area (TPSA) is 38.5 Å². The van der Waals surface area contributed by atoms with Gasteiger partial charge in [0.2, 0.25) is 0 Å². The average Bonchev–Trinajstić information content (AvgIpc) is 2.40. The van der Waals surface area contributed by atoms with Crippen molar-refractivity contribution in [3.05, 3.63) is 46.4 Å². The summed E-state index contributed by atoms with van der Waals surface area (Å²) in [6.07, 6.45) is 0. The van der Waals surface area contributed by atoms with Crippen LogP contribution < -0.4 is 15.4 Å². The molecule has 0 heterocycles. The quantitative estimate of drug-likeness (QED) is 0.836. The number of aryl methyl sites for hydroxylation is 1. The van der Waals surface area contributed by atoms with E-state index in [2.05, 4.69) is 26.9 Å². The van der Waals surface area contributed by atoms with E-state index in [0.29, 0.717) is 6.61 Å². The highest BCUT2D eigenvalue weighted by atomic mass is 79.9. The monoisotopic (exact) mass is 334 g/mol. The van der Waals surface area contributed by atoms with Crippen LogP contribution >= 0.6 is 15.9 Å². The van der Waals surface area contributed by atoms with Gasteiger partial charge in [-0.3, -0.25) is 0 Å². The van der Waals surface area contributed by atoms with E-state index < -0.39 is 0 Å². The molecule has 0 spiro atoms. The largest absolute Gasteiger partial charge is 0.494 e. The summed E-state index contributed by atoms with van der Waals surface area (Å²) in [4.78, 5) is 2.07. The Bertz CT molecular complexity index is 613. The third kappa shape index (κ3) is 3.07. The van der Waals surface area contributed by atoms with Gasteiger partial charge in [0.1, 0.15) is 5.75 Å². The SMILES string of the molecule is CCOc1ccc(N(C)c2ccc(Br)cc2N)cc1C. The Morgan fingerprint density at radius 1 is 1.20 bits per heavy atom. The maximum Gasteiger partial charge on any atom is 0.122 e. The molecule has 3 nitrogen and oxygen atoms in total. The second-order valence-electron chi connectivity index (χ2n) is 4.64. The predicted octanol–water partition coefficient (Wildman–Crippen LogP) is 4.51. The van der Waals surface area contributed by atoms with Gasteiger partial charge in [-0.25, -0.2) is 0 Å². The van der Waals surface area contributed by atoms with Gasteiger partial charge in [0.15, 0.2) is 0 Å². The van der Waals surface area contributed by atoms with E-state index in [1.165, 1.54) is 0 Å². The fourth-order valence-corrected chi connectivity index (χ4v) is 2.51. The molecule has 0 aliphatic carbocycles. The number of ether oxygens (including phenoxy) is 1. The van der Waals surface area contributed by atoms with Gasteiger partial charge in [-0.15, -0.1) is 0 Å². The van der Waals surface area contributed by atoms with Crippen LogP contribution in [-0.2, 0) is 0 Å². The fraction of sp³-hybridized carbons (Fsp3) is 0.250. The molecule has 0 bridgehead atoms. The van der Waals surface area contributed by atoms with Crippen LogP contribution in [0.3, 0.4) is 0 Å². The highest BCUT2D eigenvalue weighted by molar-refractivity contribution is 9.10. The first-order valence-corrected chi connectivity index (χ1v) is 7.34. The van der Waals surface area contributed by atoms with Crippen molar-refractivity contribution in [3.8, 4) is 5.75 Å². The van der Waals surface area contributed by atoms with Crippen LogP contribution in [0.1, 0.15) is 12.5 Å². The number of benzene rings is 2. The number of nitrogens with zero attached hydrogens (tertiary/aromatic N) is 1. The fourth-order valence-electron chi connectivity index (χ4n) is 2.13. The first-order valence-electron chi connectivity index (χ1n) is 6.55. The number of rotatable bonds is 4. The van der Waals surface area contributed by atoms with Gasteiger partial charge >= 0.3 is 0 Å². The highest BCUT2D eigenvalue weighted by Gasteiger charge is 2.09. The standard InChI is InChI=1S/C16H19BrN2O/c1-4-20-16-8-6-13(9-11(16)2)19(3)15-7-5-12(17)10-14(15)18/h5-10H,4,18H2,1-3H3. The summed E-state index contributed by atoms with van der Waals surface area (Å²) in [6, 6.07) is 12.0. The normalized spacial score (nSPS) is 10.4. The molecule has 106 valence electrons. The van der Waals surface area contributed by atoms with E-state index in [1.54, 1.807) is 0 Å². The molecule has 0 aliphatic heterocycles. The Labute approximate surface area is 128 Å². The van der Waals surface area contributed by atoms with E-state index in [-0.39, 0.29) is 0 Å². The Kier molecular flexibility index (Phi) is 4.55. The van der Waals surface area contributed by atoms with Gasteiger partial charge in [0.05, 0.1) is 18.0 Å². The summed E-state index contributed by atoms with van der Waals surface area (Å²) < 4.78 is 6.55. The molecule has 20 heavy (non-hydrogen) atoms. The van der Waals surface area contributed by atoms with Crippen LogP contribution in [0.2, 0.25) is 0 Å². The smallest absolute Gasteiger partial charge is 0.122 e. The summed E-state index contributed by atoms with van der Waals surface area (Å²) in [6.45, 7) is 4.71. The molecule has 2 aromatic carbocycles. The summed E-state index contributed by atoms with van der Waals surface area (Å²) in [5, 5.41) is 0. The minimum Gasteiger partial charge on any atom is -0.494 e. The van der Waals surface area contributed by atoms with Crippen molar-refractivity contribution in [3.63, 3.8) is 0 Å². The van der Waals surface area contributed by atoms with Crippen molar-refractivity contribution in [2.75, 3.05) is 24.3 Å². The average molecular weight is 335 g/mol. The molecule has 0 radical (unpaired) electrons. The molecule has 0 atom stereocenters. The first-order chi connectivity index (χ1) is 9.52. The second-order valence-corrected chi connectivity index (χ2v) is 5.56. The zero-order chi connectivity index (χ0) is 14.7.